The first-order valence-corrected chi connectivity index (χ1v) is 10.7. The maximum absolute atomic E-state index is 13.3. The van der Waals surface area contributed by atoms with Crippen molar-refractivity contribution in [1.82, 2.24) is 4.31 Å². The summed E-state index contributed by atoms with van der Waals surface area (Å²) in [5.41, 5.74) is 2.15. The maximum atomic E-state index is 13.3. The van der Waals surface area contributed by atoms with Crippen molar-refractivity contribution in [3.8, 4) is 0 Å². The summed E-state index contributed by atoms with van der Waals surface area (Å²) in [7, 11) is -2.52. The van der Waals surface area contributed by atoms with E-state index in [4.69, 9.17) is 4.74 Å². The third kappa shape index (κ3) is 5.70. The summed E-state index contributed by atoms with van der Waals surface area (Å²) in [4.78, 5) is 12.4. The lowest BCUT2D eigenvalue weighted by atomic mass is 10.1. The molecule has 0 aliphatic rings. The van der Waals surface area contributed by atoms with E-state index in [1.54, 1.807) is 24.3 Å². The van der Waals surface area contributed by atoms with E-state index in [0.29, 0.717) is 12.0 Å². The Morgan fingerprint density at radius 3 is 2.29 bits per heavy atom. The standard InChI is InChI=1S/C22H27NO4S/c1-4-5-11-20(22(24)27-3)17-23(16-19-9-7-6-8-10-19)28(25,26)21-14-12-18(2)13-15-21/h6-10,12-15,17H,4-5,11,16H2,1-3H3/b20-17-. The number of benzene rings is 2. The Hall–Kier alpha value is -2.60. The van der Waals surface area contributed by atoms with E-state index in [1.807, 2.05) is 44.2 Å². The van der Waals surface area contributed by atoms with Crippen molar-refractivity contribution in [1.29, 1.82) is 0 Å². The molecule has 2 rings (SSSR count). The number of carbonyl (C=O) groups excluding carboxylic acids is 1. The van der Waals surface area contributed by atoms with E-state index in [9.17, 15) is 13.2 Å². The molecule has 28 heavy (non-hydrogen) atoms. The van der Waals surface area contributed by atoms with E-state index in [0.717, 1.165) is 24.0 Å². The lowest BCUT2D eigenvalue weighted by molar-refractivity contribution is -0.136. The van der Waals surface area contributed by atoms with Gasteiger partial charge < -0.3 is 4.74 Å². The number of aryl methyl sites for hydroxylation is 1. The van der Waals surface area contributed by atoms with Crippen molar-refractivity contribution in [3.63, 3.8) is 0 Å². The number of nitrogens with zero attached hydrogens (tertiary/aromatic N) is 1. The van der Waals surface area contributed by atoms with Crippen molar-refractivity contribution in [3.05, 3.63) is 77.5 Å². The van der Waals surface area contributed by atoms with Gasteiger partial charge in [0.25, 0.3) is 10.0 Å². The zero-order valence-corrected chi connectivity index (χ0v) is 17.4. The molecule has 0 saturated carbocycles. The van der Waals surface area contributed by atoms with Crippen LogP contribution < -0.4 is 0 Å². The first-order chi connectivity index (χ1) is 13.4. The van der Waals surface area contributed by atoms with Crippen LogP contribution in [0.1, 0.15) is 37.3 Å². The predicted octanol–water partition coefficient (Wildman–Crippen LogP) is 4.43. The van der Waals surface area contributed by atoms with Crippen LogP contribution in [0.25, 0.3) is 0 Å². The highest BCUT2D eigenvalue weighted by Crippen LogP contribution is 2.22. The lowest BCUT2D eigenvalue weighted by Gasteiger charge is -2.22. The normalized spacial score (nSPS) is 11.9. The first kappa shape index (κ1) is 21.7. The maximum Gasteiger partial charge on any atom is 0.335 e. The Kier molecular flexibility index (Phi) is 7.81. The molecule has 0 bridgehead atoms. The SMILES string of the molecule is CCCC/C(=C/N(Cc1ccccc1)S(=O)(=O)c1ccc(C)cc1)C(=O)OC. The van der Waals surface area contributed by atoms with Gasteiger partial charge in [-0.05, 0) is 37.5 Å². The molecule has 0 saturated heterocycles. The smallest absolute Gasteiger partial charge is 0.335 e. The number of ether oxygens (including phenoxy) is 1. The Bertz CT molecular complexity index is 903. The van der Waals surface area contributed by atoms with E-state index in [-0.39, 0.29) is 11.4 Å². The van der Waals surface area contributed by atoms with Crippen LogP contribution in [0.2, 0.25) is 0 Å². The molecule has 0 radical (unpaired) electrons. The highest BCUT2D eigenvalue weighted by molar-refractivity contribution is 7.89. The summed E-state index contributed by atoms with van der Waals surface area (Å²) in [6.45, 7) is 4.04. The minimum absolute atomic E-state index is 0.129. The third-order valence-electron chi connectivity index (χ3n) is 4.36. The van der Waals surface area contributed by atoms with Gasteiger partial charge in [0.15, 0.2) is 0 Å². The summed E-state index contributed by atoms with van der Waals surface area (Å²) < 4.78 is 32.7. The Morgan fingerprint density at radius 1 is 1.07 bits per heavy atom. The Balaban J connectivity index is 2.50. The van der Waals surface area contributed by atoms with Gasteiger partial charge in [-0.1, -0.05) is 61.4 Å². The minimum Gasteiger partial charge on any atom is -0.466 e. The number of methoxy groups -OCH3 is 1. The molecule has 5 nitrogen and oxygen atoms in total. The highest BCUT2D eigenvalue weighted by Gasteiger charge is 2.24. The third-order valence-corrected chi connectivity index (χ3v) is 6.08. The fourth-order valence-electron chi connectivity index (χ4n) is 2.70. The van der Waals surface area contributed by atoms with Gasteiger partial charge in [-0.15, -0.1) is 0 Å². The van der Waals surface area contributed by atoms with E-state index >= 15 is 0 Å². The van der Waals surface area contributed by atoms with Crippen molar-refractivity contribution in [2.24, 2.45) is 0 Å². The topological polar surface area (TPSA) is 63.7 Å². The predicted molar refractivity (Wildman–Crippen MR) is 110 cm³/mol. The summed E-state index contributed by atoms with van der Waals surface area (Å²) in [6.07, 6.45) is 3.53. The summed E-state index contributed by atoms with van der Waals surface area (Å²) >= 11 is 0. The van der Waals surface area contributed by atoms with Crippen LogP contribution in [0.15, 0.2) is 71.3 Å². The van der Waals surface area contributed by atoms with Crippen LogP contribution >= 0.6 is 0 Å². The van der Waals surface area contributed by atoms with E-state index < -0.39 is 16.0 Å². The molecular weight excluding hydrogens is 374 g/mol. The molecule has 0 aliphatic heterocycles. The quantitative estimate of drug-likeness (QED) is 0.460. The van der Waals surface area contributed by atoms with Gasteiger partial charge in [-0.3, -0.25) is 4.31 Å². The van der Waals surface area contributed by atoms with E-state index in [1.165, 1.54) is 17.6 Å². The van der Waals surface area contributed by atoms with Crippen molar-refractivity contribution in [2.75, 3.05) is 7.11 Å². The van der Waals surface area contributed by atoms with Crippen LogP contribution in [-0.4, -0.2) is 25.8 Å². The molecule has 0 spiro atoms. The fraction of sp³-hybridized carbons (Fsp3) is 0.318. The number of hydrogen-bond donors (Lipinski definition) is 0. The zero-order valence-electron chi connectivity index (χ0n) is 16.6. The molecule has 2 aromatic carbocycles. The number of rotatable bonds is 9. The highest BCUT2D eigenvalue weighted by atomic mass is 32.2. The number of hydrogen-bond acceptors (Lipinski definition) is 4. The molecule has 2 aromatic rings. The molecule has 0 atom stereocenters. The van der Waals surface area contributed by atoms with E-state index in [2.05, 4.69) is 0 Å². The average molecular weight is 402 g/mol. The number of unbranched alkanes of at least 4 members (excludes halogenated alkanes) is 1. The Morgan fingerprint density at radius 2 is 1.71 bits per heavy atom. The number of carbonyl (C=O) groups is 1. The van der Waals surface area contributed by atoms with Gasteiger partial charge in [0.2, 0.25) is 0 Å². The molecule has 150 valence electrons. The van der Waals surface area contributed by atoms with Crippen LogP contribution in [0.5, 0.6) is 0 Å². The average Bonchev–Trinajstić information content (AvgIpc) is 2.70. The summed E-state index contributed by atoms with van der Waals surface area (Å²) in [6, 6.07) is 16.0. The molecule has 0 heterocycles. The largest absolute Gasteiger partial charge is 0.466 e. The summed E-state index contributed by atoms with van der Waals surface area (Å²) in [5, 5.41) is 0. The molecule has 0 amide bonds. The molecule has 0 fully saturated rings. The fourth-order valence-corrected chi connectivity index (χ4v) is 4.04. The van der Waals surface area contributed by atoms with Crippen molar-refractivity contribution >= 4 is 16.0 Å². The van der Waals surface area contributed by atoms with Crippen molar-refractivity contribution in [2.45, 2.75) is 44.6 Å². The second-order valence-electron chi connectivity index (χ2n) is 6.60. The van der Waals surface area contributed by atoms with Gasteiger partial charge in [-0.25, -0.2) is 13.2 Å². The molecule has 0 N–H and O–H groups in total. The molecule has 0 aromatic heterocycles. The van der Waals surface area contributed by atoms with Gasteiger partial charge in [0.05, 0.1) is 24.1 Å². The van der Waals surface area contributed by atoms with Crippen LogP contribution in [0.4, 0.5) is 0 Å². The second kappa shape index (κ2) is 10.1. The zero-order chi connectivity index (χ0) is 20.6. The molecule has 0 unspecified atom stereocenters. The first-order valence-electron chi connectivity index (χ1n) is 9.30. The van der Waals surface area contributed by atoms with Gasteiger partial charge in [0.1, 0.15) is 0 Å². The Labute approximate surface area is 167 Å². The van der Waals surface area contributed by atoms with Gasteiger partial charge in [-0.2, -0.15) is 0 Å². The number of esters is 1. The molecule has 6 heteroatoms. The minimum atomic E-state index is -3.83. The molecule has 0 aliphatic carbocycles. The monoisotopic (exact) mass is 401 g/mol. The molecular formula is C22H27NO4S. The van der Waals surface area contributed by atoms with Crippen LogP contribution in [0.3, 0.4) is 0 Å². The lowest BCUT2D eigenvalue weighted by Crippen LogP contribution is -2.27. The van der Waals surface area contributed by atoms with Crippen LogP contribution in [0, 0.1) is 6.92 Å². The van der Waals surface area contributed by atoms with Gasteiger partial charge >= 0.3 is 5.97 Å². The van der Waals surface area contributed by atoms with Crippen LogP contribution in [-0.2, 0) is 26.1 Å². The van der Waals surface area contributed by atoms with Crippen molar-refractivity contribution < 1.29 is 17.9 Å². The van der Waals surface area contributed by atoms with Gasteiger partial charge in [0, 0.05) is 6.20 Å². The number of sulfonamides is 1. The summed E-state index contributed by atoms with van der Waals surface area (Å²) in [5.74, 6) is -0.509. The second-order valence-corrected chi connectivity index (χ2v) is 8.49.